The van der Waals surface area contributed by atoms with Gasteiger partial charge in [0.2, 0.25) is 5.89 Å². The van der Waals surface area contributed by atoms with Crippen LogP contribution in [0.15, 0.2) is 4.52 Å². The highest BCUT2D eigenvalue weighted by molar-refractivity contribution is 4.90. The first-order valence-corrected chi connectivity index (χ1v) is 6.89. The molecule has 1 aliphatic rings. The molecule has 1 unspecified atom stereocenters. The quantitative estimate of drug-likeness (QED) is 0.830. The fraction of sp³-hybridized carbons (Fsp3) is 0.846. The molecular formula is C13H24N4O. The molecule has 18 heavy (non-hydrogen) atoms. The first-order valence-electron chi connectivity index (χ1n) is 6.89. The Kier molecular flexibility index (Phi) is 4.72. The van der Waals surface area contributed by atoms with Crippen molar-refractivity contribution in [3.8, 4) is 0 Å². The Morgan fingerprint density at radius 3 is 3.06 bits per heavy atom. The third-order valence-corrected chi connectivity index (χ3v) is 3.38. The molecule has 1 aromatic rings. The lowest BCUT2D eigenvalue weighted by molar-refractivity contribution is 0.209. The monoisotopic (exact) mass is 252 g/mol. The van der Waals surface area contributed by atoms with Crippen LogP contribution >= 0.6 is 0 Å². The summed E-state index contributed by atoms with van der Waals surface area (Å²) in [5.74, 6) is 2.16. The van der Waals surface area contributed by atoms with E-state index in [0.717, 1.165) is 37.8 Å². The van der Waals surface area contributed by atoms with Crippen LogP contribution in [0.4, 0.5) is 0 Å². The molecule has 0 saturated carbocycles. The third-order valence-electron chi connectivity index (χ3n) is 3.38. The van der Waals surface area contributed by atoms with E-state index in [1.54, 1.807) is 0 Å². The molecule has 1 aliphatic heterocycles. The molecule has 1 atom stereocenters. The van der Waals surface area contributed by atoms with Crippen molar-refractivity contribution in [1.82, 2.24) is 20.4 Å². The summed E-state index contributed by atoms with van der Waals surface area (Å²) in [6.07, 6.45) is 3.41. The molecule has 0 aliphatic carbocycles. The number of likely N-dealkylation sites (N-methyl/N-ethyl adjacent to an activating group) is 1. The highest BCUT2D eigenvalue weighted by Gasteiger charge is 2.25. The Hall–Kier alpha value is -0.940. The molecule has 2 heterocycles. The van der Waals surface area contributed by atoms with Crippen molar-refractivity contribution < 1.29 is 4.52 Å². The van der Waals surface area contributed by atoms with Crippen LogP contribution in [0.3, 0.4) is 0 Å². The Morgan fingerprint density at radius 2 is 2.33 bits per heavy atom. The Morgan fingerprint density at radius 1 is 1.50 bits per heavy atom. The molecule has 0 aromatic carbocycles. The normalized spacial score (nSPS) is 21.0. The van der Waals surface area contributed by atoms with Crippen LogP contribution in [0.5, 0.6) is 0 Å². The first kappa shape index (κ1) is 13.5. The minimum atomic E-state index is 0.569. The van der Waals surface area contributed by atoms with Crippen LogP contribution < -0.4 is 5.32 Å². The maximum atomic E-state index is 5.33. The van der Waals surface area contributed by atoms with Crippen molar-refractivity contribution in [2.24, 2.45) is 5.92 Å². The van der Waals surface area contributed by atoms with Crippen molar-refractivity contribution in [1.29, 1.82) is 0 Å². The van der Waals surface area contributed by atoms with Crippen LogP contribution in [0.2, 0.25) is 0 Å². The number of likely N-dealkylation sites (tertiary alicyclic amines) is 1. The molecule has 0 amide bonds. The number of hydrogen-bond donors (Lipinski definition) is 1. The Labute approximate surface area is 109 Å². The van der Waals surface area contributed by atoms with Gasteiger partial charge in [0.15, 0.2) is 5.82 Å². The standard InChI is InChI=1S/C13H24N4O/c1-10(2)7-12-15-13(18-16-12)9-17-6-4-5-11(17)8-14-3/h10-11,14H,4-9H2,1-3H3. The lowest BCUT2D eigenvalue weighted by Gasteiger charge is -2.22. The second-order valence-electron chi connectivity index (χ2n) is 5.53. The van der Waals surface area contributed by atoms with Crippen LogP contribution in [-0.4, -0.2) is 41.2 Å². The molecule has 5 heteroatoms. The van der Waals surface area contributed by atoms with Gasteiger partial charge in [0, 0.05) is 19.0 Å². The van der Waals surface area contributed by atoms with Gasteiger partial charge in [-0.25, -0.2) is 0 Å². The summed E-state index contributed by atoms with van der Waals surface area (Å²) in [5, 5.41) is 7.29. The summed E-state index contributed by atoms with van der Waals surface area (Å²) in [6, 6.07) is 0.607. The van der Waals surface area contributed by atoms with E-state index >= 15 is 0 Å². The number of nitrogens with zero attached hydrogens (tertiary/aromatic N) is 3. The van der Waals surface area contributed by atoms with Crippen molar-refractivity contribution in [2.75, 3.05) is 20.1 Å². The van der Waals surface area contributed by atoms with Crippen molar-refractivity contribution in [3.63, 3.8) is 0 Å². The second-order valence-corrected chi connectivity index (χ2v) is 5.53. The van der Waals surface area contributed by atoms with E-state index in [1.807, 2.05) is 7.05 Å². The number of hydrogen-bond acceptors (Lipinski definition) is 5. The first-order chi connectivity index (χ1) is 8.69. The Balaban J connectivity index is 1.90. The van der Waals surface area contributed by atoms with E-state index in [-0.39, 0.29) is 0 Å². The van der Waals surface area contributed by atoms with E-state index in [4.69, 9.17) is 4.52 Å². The molecular weight excluding hydrogens is 228 g/mol. The minimum absolute atomic E-state index is 0.569. The second kappa shape index (κ2) is 6.29. The third kappa shape index (κ3) is 3.53. The van der Waals surface area contributed by atoms with Crippen LogP contribution in [0.1, 0.15) is 38.4 Å². The van der Waals surface area contributed by atoms with Crippen molar-refractivity contribution >= 4 is 0 Å². The van der Waals surface area contributed by atoms with Gasteiger partial charge in [-0.1, -0.05) is 19.0 Å². The van der Waals surface area contributed by atoms with Crippen LogP contribution in [-0.2, 0) is 13.0 Å². The molecule has 0 radical (unpaired) electrons. The molecule has 0 spiro atoms. The zero-order valence-corrected chi connectivity index (χ0v) is 11.6. The van der Waals surface area contributed by atoms with E-state index in [2.05, 4.69) is 34.2 Å². The Bertz CT molecular complexity index is 364. The number of aromatic nitrogens is 2. The molecule has 1 N–H and O–H groups in total. The maximum absolute atomic E-state index is 5.33. The molecule has 1 aromatic heterocycles. The molecule has 102 valence electrons. The molecule has 0 bridgehead atoms. The van der Waals surface area contributed by atoms with Crippen molar-refractivity contribution in [2.45, 2.75) is 45.7 Å². The SMILES string of the molecule is CNCC1CCCN1Cc1nc(CC(C)C)no1. The summed E-state index contributed by atoms with van der Waals surface area (Å²) in [4.78, 5) is 6.90. The van der Waals surface area contributed by atoms with E-state index in [9.17, 15) is 0 Å². The van der Waals surface area contributed by atoms with Crippen LogP contribution in [0, 0.1) is 5.92 Å². The molecule has 2 rings (SSSR count). The summed E-state index contributed by atoms with van der Waals surface area (Å²) in [7, 11) is 2.00. The average molecular weight is 252 g/mol. The van der Waals surface area contributed by atoms with Gasteiger partial charge in [-0.05, 0) is 32.4 Å². The summed E-state index contributed by atoms with van der Waals surface area (Å²) < 4.78 is 5.33. The zero-order valence-electron chi connectivity index (χ0n) is 11.6. The van der Waals surface area contributed by atoms with Gasteiger partial charge in [0.05, 0.1) is 6.54 Å². The topological polar surface area (TPSA) is 54.2 Å². The predicted molar refractivity (Wildman–Crippen MR) is 70.2 cm³/mol. The van der Waals surface area contributed by atoms with Gasteiger partial charge in [0.25, 0.3) is 0 Å². The lowest BCUT2D eigenvalue weighted by atomic mass is 10.1. The summed E-state index contributed by atoms with van der Waals surface area (Å²) in [6.45, 7) is 7.29. The zero-order chi connectivity index (χ0) is 13.0. The van der Waals surface area contributed by atoms with E-state index < -0.39 is 0 Å². The van der Waals surface area contributed by atoms with Crippen LogP contribution in [0.25, 0.3) is 0 Å². The predicted octanol–water partition coefficient (Wildman–Crippen LogP) is 1.45. The fourth-order valence-electron chi connectivity index (χ4n) is 2.55. The van der Waals surface area contributed by atoms with E-state index in [0.29, 0.717) is 12.0 Å². The maximum Gasteiger partial charge on any atom is 0.240 e. The molecule has 1 fully saturated rings. The molecule has 1 saturated heterocycles. The number of nitrogens with one attached hydrogen (secondary N) is 1. The van der Waals surface area contributed by atoms with Gasteiger partial charge in [-0.2, -0.15) is 4.98 Å². The smallest absolute Gasteiger partial charge is 0.240 e. The highest BCUT2D eigenvalue weighted by atomic mass is 16.5. The van der Waals surface area contributed by atoms with Gasteiger partial charge in [-0.3, -0.25) is 4.90 Å². The highest BCUT2D eigenvalue weighted by Crippen LogP contribution is 2.19. The van der Waals surface area contributed by atoms with Gasteiger partial charge in [0.1, 0.15) is 0 Å². The van der Waals surface area contributed by atoms with Gasteiger partial charge in [-0.15, -0.1) is 0 Å². The van der Waals surface area contributed by atoms with E-state index in [1.165, 1.54) is 12.8 Å². The summed E-state index contributed by atoms with van der Waals surface area (Å²) >= 11 is 0. The number of rotatable bonds is 6. The lowest BCUT2D eigenvalue weighted by Crippen LogP contribution is -2.36. The van der Waals surface area contributed by atoms with Gasteiger partial charge < -0.3 is 9.84 Å². The minimum Gasteiger partial charge on any atom is -0.338 e. The average Bonchev–Trinajstić information content (AvgIpc) is 2.90. The van der Waals surface area contributed by atoms with Crippen molar-refractivity contribution in [3.05, 3.63) is 11.7 Å². The van der Waals surface area contributed by atoms with Gasteiger partial charge >= 0.3 is 0 Å². The summed E-state index contributed by atoms with van der Waals surface area (Å²) in [5.41, 5.74) is 0. The largest absolute Gasteiger partial charge is 0.338 e. The fourth-order valence-corrected chi connectivity index (χ4v) is 2.55. The molecule has 5 nitrogen and oxygen atoms in total.